The van der Waals surface area contributed by atoms with Gasteiger partial charge in [-0.05, 0) is 47.7 Å². The summed E-state index contributed by atoms with van der Waals surface area (Å²) in [6, 6.07) is 12.2. The molecule has 0 bridgehead atoms. The van der Waals surface area contributed by atoms with E-state index < -0.39 is 5.92 Å². The Balaban J connectivity index is 1.71. The van der Waals surface area contributed by atoms with Crippen LogP contribution in [0.25, 0.3) is 0 Å². The fourth-order valence-corrected chi connectivity index (χ4v) is 3.94. The van der Waals surface area contributed by atoms with Crippen LogP contribution in [0.1, 0.15) is 42.2 Å². The number of benzene rings is 2. The van der Waals surface area contributed by atoms with E-state index in [0.29, 0.717) is 29.7 Å². The Morgan fingerprint density at radius 1 is 0.846 bits per heavy atom. The van der Waals surface area contributed by atoms with E-state index in [0.717, 1.165) is 5.56 Å². The van der Waals surface area contributed by atoms with Crippen molar-refractivity contribution in [2.45, 2.75) is 31.1 Å². The quantitative estimate of drug-likeness (QED) is 0.888. The molecule has 1 heterocycles. The zero-order chi connectivity index (χ0) is 18.3. The summed E-state index contributed by atoms with van der Waals surface area (Å²) in [5.41, 5.74) is 2.70. The summed E-state index contributed by atoms with van der Waals surface area (Å²) in [4.78, 5) is 25.1. The third-order valence-corrected chi connectivity index (χ3v) is 5.13. The van der Waals surface area contributed by atoms with Crippen LogP contribution in [0.15, 0.2) is 59.8 Å². The molecule has 1 aliphatic heterocycles. The van der Waals surface area contributed by atoms with Gasteiger partial charge in [0.1, 0.15) is 11.6 Å². The molecule has 0 radical (unpaired) electrons. The van der Waals surface area contributed by atoms with Crippen LogP contribution >= 0.6 is 0 Å². The van der Waals surface area contributed by atoms with Crippen LogP contribution < -0.4 is 5.32 Å². The molecule has 2 atom stereocenters. The van der Waals surface area contributed by atoms with Crippen LogP contribution in [-0.2, 0) is 9.59 Å². The Labute approximate surface area is 149 Å². The van der Waals surface area contributed by atoms with Gasteiger partial charge in [-0.1, -0.05) is 24.3 Å². The lowest BCUT2D eigenvalue weighted by atomic mass is 9.73. The monoisotopic (exact) mass is 353 g/mol. The summed E-state index contributed by atoms with van der Waals surface area (Å²) >= 11 is 0. The molecule has 4 rings (SSSR count). The van der Waals surface area contributed by atoms with Gasteiger partial charge in [-0.15, -0.1) is 0 Å². The first-order chi connectivity index (χ1) is 12.5. The summed E-state index contributed by atoms with van der Waals surface area (Å²) in [6.07, 6.45) is 0.936. The van der Waals surface area contributed by atoms with E-state index in [2.05, 4.69) is 5.32 Å². The number of carbonyl (C=O) groups excluding carboxylic acids is 2. The van der Waals surface area contributed by atoms with Crippen LogP contribution in [0.2, 0.25) is 0 Å². The van der Waals surface area contributed by atoms with Gasteiger partial charge in [-0.25, -0.2) is 8.78 Å². The Kier molecular flexibility index (Phi) is 4.15. The predicted octanol–water partition coefficient (Wildman–Crippen LogP) is 3.97. The van der Waals surface area contributed by atoms with Crippen molar-refractivity contribution in [2.24, 2.45) is 0 Å². The van der Waals surface area contributed by atoms with Crippen molar-refractivity contribution in [2.75, 3.05) is 0 Å². The lowest BCUT2D eigenvalue weighted by Gasteiger charge is -2.34. The average molecular weight is 353 g/mol. The van der Waals surface area contributed by atoms with Crippen LogP contribution in [0.3, 0.4) is 0 Å². The third kappa shape index (κ3) is 3.05. The molecule has 132 valence electrons. The minimum Gasteiger partial charge on any atom is -0.329 e. The summed E-state index contributed by atoms with van der Waals surface area (Å²) in [7, 11) is 0. The van der Waals surface area contributed by atoms with Crippen molar-refractivity contribution in [3.05, 3.63) is 82.6 Å². The molecule has 26 heavy (non-hydrogen) atoms. The normalized spacial score (nSPS) is 22.8. The second kappa shape index (κ2) is 6.48. The maximum atomic E-state index is 13.6. The Bertz CT molecular complexity index is 918. The van der Waals surface area contributed by atoms with Crippen molar-refractivity contribution in [3.63, 3.8) is 0 Å². The first-order valence-electron chi connectivity index (χ1n) is 8.58. The lowest BCUT2D eigenvalue weighted by molar-refractivity contribution is -0.122. The van der Waals surface area contributed by atoms with E-state index >= 15 is 0 Å². The highest BCUT2D eigenvalue weighted by molar-refractivity contribution is 6.02. The molecule has 1 N–H and O–H groups in total. The highest BCUT2D eigenvalue weighted by Gasteiger charge is 2.38. The van der Waals surface area contributed by atoms with E-state index in [1.165, 1.54) is 24.3 Å². The molecule has 5 heteroatoms. The highest BCUT2D eigenvalue weighted by Crippen LogP contribution is 2.42. The van der Waals surface area contributed by atoms with Crippen molar-refractivity contribution in [1.82, 2.24) is 5.32 Å². The molecule has 0 fully saturated rings. The van der Waals surface area contributed by atoms with Gasteiger partial charge in [0.05, 0.1) is 0 Å². The maximum Gasteiger partial charge on any atom is 0.225 e. The molecule has 1 aliphatic carbocycles. The predicted molar refractivity (Wildman–Crippen MR) is 92.3 cm³/mol. The van der Waals surface area contributed by atoms with Crippen LogP contribution in [0, 0.1) is 11.6 Å². The van der Waals surface area contributed by atoms with E-state index in [-0.39, 0.29) is 35.7 Å². The number of carbonyl (C=O) groups is 2. The van der Waals surface area contributed by atoms with Crippen molar-refractivity contribution in [3.8, 4) is 0 Å². The zero-order valence-corrected chi connectivity index (χ0v) is 14.0. The fourth-order valence-electron chi connectivity index (χ4n) is 3.94. The first-order valence-corrected chi connectivity index (χ1v) is 8.58. The smallest absolute Gasteiger partial charge is 0.225 e. The molecule has 2 unspecified atom stereocenters. The van der Waals surface area contributed by atoms with Gasteiger partial charge in [0.2, 0.25) is 5.91 Å². The number of ketones is 1. The maximum absolute atomic E-state index is 13.6. The Morgan fingerprint density at radius 2 is 1.62 bits per heavy atom. The van der Waals surface area contributed by atoms with Crippen molar-refractivity contribution >= 4 is 11.7 Å². The molecule has 3 nitrogen and oxygen atoms in total. The van der Waals surface area contributed by atoms with Gasteiger partial charge in [-0.3, -0.25) is 9.59 Å². The van der Waals surface area contributed by atoms with Gasteiger partial charge in [0.25, 0.3) is 0 Å². The van der Waals surface area contributed by atoms with Crippen LogP contribution in [-0.4, -0.2) is 11.7 Å². The molecule has 0 saturated heterocycles. The lowest BCUT2D eigenvalue weighted by Crippen LogP contribution is -2.38. The molecule has 2 aromatic carbocycles. The van der Waals surface area contributed by atoms with Crippen LogP contribution in [0.4, 0.5) is 8.78 Å². The molecule has 0 aromatic heterocycles. The largest absolute Gasteiger partial charge is 0.329 e. The summed E-state index contributed by atoms with van der Waals surface area (Å²) in [5, 5.41) is 2.83. The van der Waals surface area contributed by atoms with Gasteiger partial charge < -0.3 is 5.32 Å². The number of amides is 1. The van der Waals surface area contributed by atoms with Crippen molar-refractivity contribution < 1.29 is 18.4 Å². The van der Waals surface area contributed by atoms with Crippen LogP contribution in [0.5, 0.6) is 0 Å². The number of Topliss-reactive ketones (excluding diaryl/α,β-unsaturated/α-hetero) is 1. The molecule has 0 spiro atoms. The number of hydrogen-bond acceptors (Lipinski definition) is 2. The standard InChI is InChI=1S/C21H17F2NO2/c22-15-6-4-12(5-7-15)14-9-18-21(19(25)10-14)17(11-20(26)24-18)13-2-1-3-16(23)8-13/h1-8,14,17H,9-11H2,(H,24,26). The topological polar surface area (TPSA) is 46.2 Å². The van der Waals surface area contributed by atoms with Gasteiger partial charge >= 0.3 is 0 Å². The molecule has 1 amide bonds. The second-order valence-electron chi connectivity index (χ2n) is 6.83. The highest BCUT2D eigenvalue weighted by atomic mass is 19.1. The minimum absolute atomic E-state index is 0.0464. The molecular weight excluding hydrogens is 336 g/mol. The molecule has 0 saturated carbocycles. The van der Waals surface area contributed by atoms with E-state index in [9.17, 15) is 18.4 Å². The number of rotatable bonds is 2. The van der Waals surface area contributed by atoms with E-state index in [1.807, 2.05) is 0 Å². The fraction of sp³-hybridized carbons (Fsp3) is 0.238. The van der Waals surface area contributed by atoms with E-state index in [1.54, 1.807) is 24.3 Å². The van der Waals surface area contributed by atoms with E-state index in [4.69, 9.17) is 0 Å². The number of nitrogens with one attached hydrogen (secondary N) is 1. The summed E-state index contributed by atoms with van der Waals surface area (Å²) in [5.74, 6) is -1.46. The number of halogens is 2. The zero-order valence-electron chi connectivity index (χ0n) is 14.0. The number of hydrogen-bond donors (Lipinski definition) is 1. The molecule has 2 aliphatic rings. The minimum atomic E-state index is -0.420. The van der Waals surface area contributed by atoms with Gasteiger partial charge in [-0.2, -0.15) is 0 Å². The Morgan fingerprint density at radius 3 is 2.35 bits per heavy atom. The molecule has 2 aromatic rings. The average Bonchev–Trinajstić information content (AvgIpc) is 2.61. The number of allylic oxidation sites excluding steroid dienone is 2. The summed E-state index contributed by atoms with van der Waals surface area (Å²) in [6.45, 7) is 0. The van der Waals surface area contributed by atoms with Crippen molar-refractivity contribution in [1.29, 1.82) is 0 Å². The molecular formula is C21H17F2NO2. The van der Waals surface area contributed by atoms with Gasteiger partial charge in [0.15, 0.2) is 5.78 Å². The third-order valence-electron chi connectivity index (χ3n) is 5.13. The first kappa shape index (κ1) is 16.6. The Hall–Kier alpha value is -2.82. The second-order valence-corrected chi connectivity index (χ2v) is 6.83. The van der Waals surface area contributed by atoms with Gasteiger partial charge in [0, 0.05) is 30.0 Å². The SMILES string of the molecule is O=C1CC(c2cccc(F)c2)C2=C(CC(c3ccc(F)cc3)CC2=O)N1. The summed E-state index contributed by atoms with van der Waals surface area (Å²) < 4.78 is 26.8.